The van der Waals surface area contributed by atoms with E-state index in [1.807, 2.05) is 31.2 Å². The maximum atomic E-state index is 10.4. The average Bonchev–Trinajstić information content (AvgIpc) is 2.03. The van der Waals surface area contributed by atoms with E-state index < -0.39 is 5.91 Å². The number of benzene rings is 1. The number of carbonyl (C=O) groups is 1. The van der Waals surface area contributed by atoms with E-state index in [-0.39, 0.29) is 0 Å². The summed E-state index contributed by atoms with van der Waals surface area (Å²) in [6, 6.07) is 7.81. The highest BCUT2D eigenvalue weighted by atomic mass is 16.1. The van der Waals surface area contributed by atoms with Gasteiger partial charge in [-0.1, -0.05) is 24.3 Å². The molecule has 0 aliphatic rings. The number of primary amides is 1. The Labute approximate surface area is 71.7 Å². The van der Waals surface area contributed by atoms with Gasteiger partial charge in [0.2, 0.25) is 5.91 Å². The molecule has 12 heavy (non-hydrogen) atoms. The maximum Gasteiger partial charge on any atom is 0.241 e. The molecule has 0 fully saturated rings. The van der Waals surface area contributed by atoms with Gasteiger partial charge in [0.1, 0.15) is 0 Å². The Hall–Kier alpha value is -1.57. The van der Waals surface area contributed by atoms with Crippen LogP contribution < -0.4 is 5.73 Å². The summed E-state index contributed by atoms with van der Waals surface area (Å²) in [4.78, 5) is 10.4. The Balaban J connectivity index is 2.89. The molecule has 0 heterocycles. The van der Waals surface area contributed by atoms with E-state index in [0.29, 0.717) is 0 Å². The van der Waals surface area contributed by atoms with E-state index in [2.05, 4.69) is 0 Å². The number of aryl methyl sites for hydroxylation is 1. The third-order valence-corrected chi connectivity index (χ3v) is 1.62. The Morgan fingerprint density at radius 2 is 2.08 bits per heavy atom. The van der Waals surface area contributed by atoms with Crippen molar-refractivity contribution < 1.29 is 4.79 Å². The molecule has 2 N–H and O–H groups in total. The first-order chi connectivity index (χ1) is 5.70. The number of amides is 1. The highest BCUT2D eigenvalue weighted by Crippen LogP contribution is 2.08. The molecule has 0 aliphatic carbocycles. The summed E-state index contributed by atoms with van der Waals surface area (Å²) < 4.78 is 0. The molecule has 1 amide bonds. The molecule has 0 spiro atoms. The van der Waals surface area contributed by atoms with Crippen molar-refractivity contribution >= 4 is 12.0 Å². The van der Waals surface area contributed by atoms with Gasteiger partial charge in [0.15, 0.2) is 0 Å². The molecule has 0 radical (unpaired) electrons. The highest BCUT2D eigenvalue weighted by molar-refractivity contribution is 5.90. The van der Waals surface area contributed by atoms with Crippen molar-refractivity contribution in [3.63, 3.8) is 0 Å². The van der Waals surface area contributed by atoms with Crippen LogP contribution in [0, 0.1) is 6.92 Å². The molecule has 0 atom stereocenters. The van der Waals surface area contributed by atoms with Gasteiger partial charge in [0, 0.05) is 6.08 Å². The molecule has 0 aliphatic heterocycles. The van der Waals surface area contributed by atoms with E-state index in [4.69, 9.17) is 5.73 Å². The lowest BCUT2D eigenvalue weighted by molar-refractivity contribution is -0.113. The minimum Gasteiger partial charge on any atom is -0.366 e. The Morgan fingerprint density at radius 3 is 2.67 bits per heavy atom. The first kappa shape index (κ1) is 8.53. The van der Waals surface area contributed by atoms with Crippen molar-refractivity contribution in [2.24, 2.45) is 5.73 Å². The summed E-state index contributed by atoms with van der Waals surface area (Å²) >= 11 is 0. The third-order valence-electron chi connectivity index (χ3n) is 1.62. The van der Waals surface area contributed by atoms with Gasteiger partial charge in [0.25, 0.3) is 0 Å². The lowest BCUT2D eigenvalue weighted by Gasteiger charge is -1.96. The molecular weight excluding hydrogens is 150 g/mol. The van der Waals surface area contributed by atoms with Crippen LogP contribution in [0.25, 0.3) is 6.08 Å². The summed E-state index contributed by atoms with van der Waals surface area (Å²) in [6.07, 6.45) is 3.08. The van der Waals surface area contributed by atoms with Gasteiger partial charge < -0.3 is 5.73 Å². The van der Waals surface area contributed by atoms with Crippen LogP contribution in [-0.2, 0) is 4.79 Å². The summed E-state index contributed by atoms with van der Waals surface area (Å²) in [7, 11) is 0. The van der Waals surface area contributed by atoms with Crippen molar-refractivity contribution in [1.29, 1.82) is 0 Å². The molecule has 0 saturated heterocycles. The van der Waals surface area contributed by atoms with Gasteiger partial charge in [0.05, 0.1) is 0 Å². The van der Waals surface area contributed by atoms with Crippen LogP contribution in [0.1, 0.15) is 11.1 Å². The number of hydrogen-bond donors (Lipinski definition) is 1. The van der Waals surface area contributed by atoms with Crippen molar-refractivity contribution in [2.75, 3.05) is 0 Å². The van der Waals surface area contributed by atoms with Crippen molar-refractivity contribution in [1.82, 2.24) is 0 Å². The van der Waals surface area contributed by atoms with Crippen LogP contribution in [0.5, 0.6) is 0 Å². The number of hydrogen-bond acceptors (Lipinski definition) is 1. The molecule has 2 nitrogen and oxygen atoms in total. The fourth-order valence-corrected chi connectivity index (χ4v) is 0.946. The van der Waals surface area contributed by atoms with Gasteiger partial charge in [-0.2, -0.15) is 0 Å². The van der Waals surface area contributed by atoms with Crippen molar-refractivity contribution in [2.45, 2.75) is 6.92 Å². The van der Waals surface area contributed by atoms with Gasteiger partial charge in [-0.25, -0.2) is 0 Å². The number of nitrogens with two attached hydrogens (primary N) is 1. The Morgan fingerprint density at radius 1 is 1.42 bits per heavy atom. The molecule has 2 heteroatoms. The van der Waals surface area contributed by atoms with E-state index in [1.165, 1.54) is 6.08 Å². The highest BCUT2D eigenvalue weighted by Gasteiger charge is 1.91. The van der Waals surface area contributed by atoms with Crippen LogP contribution >= 0.6 is 0 Å². The quantitative estimate of drug-likeness (QED) is 0.656. The molecule has 1 rings (SSSR count). The zero-order chi connectivity index (χ0) is 8.97. The Bertz CT molecular complexity index is 315. The van der Waals surface area contributed by atoms with Crippen molar-refractivity contribution in [3.8, 4) is 0 Å². The molecular formula is C10H11NO. The lowest BCUT2D eigenvalue weighted by Crippen LogP contribution is -2.05. The average molecular weight is 161 g/mol. The largest absolute Gasteiger partial charge is 0.366 e. The van der Waals surface area contributed by atoms with Gasteiger partial charge in [-0.15, -0.1) is 0 Å². The predicted octanol–water partition coefficient (Wildman–Crippen LogP) is 1.49. The topological polar surface area (TPSA) is 43.1 Å². The molecule has 1 aromatic carbocycles. The number of carbonyl (C=O) groups excluding carboxylic acids is 1. The molecule has 0 saturated carbocycles. The molecule has 0 bridgehead atoms. The summed E-state index contributed by atoms with van der Waals surface area (Å²) in [6.45, 7) is 1.99. The molecule has 1 aromatic rings. The first-order valence-corrected chi connectivity index (χ1v) is 3.73. The molecule has 0 aromatic heterocycles. The smallest absolute Gasteiger partial charge is 0.241 e. The standard InChI is InChI=1S/C10H11NO/c1-8-4-2-3-5-9(8)6-7-10(11)12/h2-7H,1H3,(H2,11,12)/b7-6+. The summed E-state index contributed by atoms with van der Waals surface area (Å²) in [5.74, 6) is -0.418. The van der Waals surface area contributed by atoms with Crippen LogP contribution in [-0.4, -0.2) is 5.91 Å². The third kappa shape index (κ3) is 2.23. The van der Waals surface area contributed by atoms with Crippen LogP contribution in [0.15, 0.2) is 30.3 Å². The normalized spacial score (nSPS) is 10.4. The second-order valence-corrected chi connectivity index (χ2v) is 2.59. The predicted molar refractivity (Wildman–Crippen MR) is 49.4 cm³/mol. The molecule has 0 unspecified atom stereocenters. The second-order valence-electron chi connectivity index (χ2n) is 2.59. The summed E-state index contributed by atoms with van der Waals surface area (Å²) in [5, 5.41) is 0. The Kier molecular flexibility index (Phi) is 2.64. The van der Waals surface area contributed by atoms with Gasteiger partial charge in [-0.05, 0) is 24.1 Å². The van der Waals surface area contributed by atoms with Crippen LogP contribution in [0.4, 0.5) is 0 Å². The lowest BCUT2D eigenvalue weighted by atomic mass is 10.1. The van der Waals surface area contributed by atoms with Gasteiger partial charge >= 0.3 is 0 Å². The second kappa shape index (κ2) is 3.72. The number of rotatable bonds is 2. The fraction of sp³-hybridized carbons (Fsp3) is 0.100. The zero-order valence-corrected chi connectivity index (χ0v) is 6.95. The van der Waals surface area contributed by atoms with E-state index in [9.17, 15) is 4.79 Å². The van der Waals surface area contributed by atoms with E-state index in [0.717, 1.165) is 11.1 Å². The van der Waals surface area contributed by atoms with Crippen LogP contribution in [0.3, 0.4) is 0 Å². The van der Waals surface area contributed by atoms with E-state index in [1.54, 1.807) is 6.08 Å². The minimum atomic E-state index is -0.418. The van der Waals surface area contributed by atoms with Crippen molar-refractivity contribution in [3.05, 3.63) is 41.5 Å². The molecule has 62 valence electrons. The van der Waals surface area contributed by atoms with E-state index >= 15 is 0 Å². The first-order valence-electron chi connectivity index (χ1n) is 3.73. The maximum absolute atomic E-state index is 10.4. The summed E-state index contributed by atoms with van der Waals surface area (Å²) in [5.41, 5.74) is 7.12. The van der Waals surface area contributed by atoms with Gasteiger partial charge in [-0.3, -0.25) is 4.79 Å². The van der Waals surface area contributed by atoms with Crippen LogP contribution in [0.2, 0.25) is 0 Å². The minimum absolute atomic E-state index is 0.418. The monoisotopic (exact) mass is 161 g/mol. The SMILES string of the molecule is Cc1ccccc1/C=C/C(N)=O. The zero-order valence-electron chi connectivity index (χ0n) is 6.95. The fourth-order valence-electron chi connectivity index (χ4n) is 0.946.